The summed E-state index contributed by atoms with van der Waals surface area (Å²) in [5, 5.41) is 9.97. The number of hydrogen-bond acceptors (Lipinski definition) is 7. The molecule has 0 amide bonds. The van der Waals surface area contributed by atoms with Gasteiger partial charge >= 0.3 is 17.9 Å². The van der Waals surface area contributed by atoms with E-state index in [1.165, 1.54) is 20.8 Å². The van der Waals surface area contributed by atoms with Gasteiger partial charge in [0.25, 0.3) is 0 Å². The molecule has 1 fully saturated rings. The molecule has 0 saturated heterocycles. The molecule has 1 aliphatic rings. The molecule has 0 aromatic carbocycles. The Balaban J connectivity index is 3.00. The van der Waals surface area contributed by atoms with E-state index in [-0.39, 0.29) is 6.42 Å². The van der Waals surface area contributed by atoms with Crippen LogP contribution in [0.15, 0.2) is 0 Å². The van der Waals surface area contributed by atoms with E-state index < -0.39 is 46.2 Å². The molecule has 8 heteroatoms. The predicted octanol–water partition coefficient (Wildman–Crippen LogP) is 0.350. The zero-order valence-electron chi connectivity index (χ0n) is 11.4. The number of aliphatic hydroxyl groups is 1. The van der Waals surface area contributed by atoms with Gasteiger partial charge in [-0.15, -0.1) is 0 Å². The molecule has 1 saturated carbocycles. The maximum atomic E-state index is 11.2. The SMILES string of the molecule is CC(=O)O[C@H]1[C@H](I)[C@@H](O)C[C@@H](OC(C)=O)[C@H]1OC(C)=O. The van der Waals surface area contributed by atoms with Gasteiger partial charge in [-0.2, -0.15) is 0 Å². The van der Waals surface area contributed by atoms with Crippen LogP contribution < -0.4 is 0 Å². The number of alkyl halides is 1. The van der Waals surface area contributed by atoms with Gasteiger partial charge in [0, 0.05) is 27.2 Å². The molecule has 20 heavy (non-hydrogen) atoms. The maximum absolute atomic E-state index is 11.2. The van der Waals surface area contributed by atoms with Gasteiger partial charge in [0.1, 0.15) is 6.10 Å². The summed E-state index contributed by atoms with van der Waals surface area (Å²) in [6, 6.07) is 0. The maximum Gasteiger partial charge on any atom is 0.303 e. The molecular weight excluding hydrogens is 383 g/mol. The summed E-state index contributed by atoms with van der Waals surface area (Å²) in [4.78, 5) is 33.5. The lowest BCUT2D eigenvalue weighted by Gasteiger charge is -2.41. The molecule has 7 nitrogen and oxygen atoms in total. The van der Waals surface area contributed by atoms with Crippen molar-refractivity contribution < 1.29 is 33.7 Å². The summed E-state index contributed by atoms with van der Waals surface area (Å²) in [7, 11) is 0. The molecule has 0 heterocycles. The molecule has 0 spiro atoms. The molecule has 114 valence electrons. The second kappa shape index (κ2) is 7.21. The fraction of sp³-hybridized carbons (Fsp3) is 0.750. The lowest BCUT2D eigenvalue weighted by atomic mass is 9.89. The highest BCUT2D eigenvalue weighted by atomic mass is 127. The van der Waals surface area contributed by atoms with Crippen molar-refractivity contribution in [3.05, 3.63) is 0 Å². The molecule has 0 unspecified atom stereocenters. The van der Waals surface area contributed by atoms with Crippen LogP contribution in [0.4, 0.5) is 0 Å². The van der Waals surface area contributed by atoms with Gasteiger partial charge < -0.3 is 19.3 Å². The normalized spacial score (nSPS) is 33.1. The number of carbonyl (C=O) groups is 3. The average molecular weight is 400 g/mol. The second-order valence-corrected chi connectivity index (χ2v) is 5.98. The number of ether oxygens (including phenoxy) is 3. The van der Waals surface area contributed by atoms with Crippen LogP contribution in [-0.4, -0.2) is 51.4 Å². The van der Waals surface area contributed by atoms with E-state index in [9.17, 15) is 19.5 Å². The molecule has 5 atom stereocenters. The summed E-state index contributed by atoms with van der Waals surface area (Å²) in [5.74, 6) is -1.71. The second-order valence-electron chi connectivity index (χ2n) is 4.54. The predicted molar refractivity (Wildman–Crippen MR) is 75.1 cm³/mol. The summed E-state index contributed by atoms with van der Waals surface area (Å²) >= 11 is 1.92. The molecule has 0 aliphatic heterocycles. The van der Waals surface area contributed by atoms with Crippen LogP contribution in [0.3, 0.4) is 0 Å². The fourth-order valence-electron chi connectivity index (χ4n) is 2.10. The minimum atomic E-state index is -0.925. The number of hydrogen-bond donors (Lipinski definition) is 1. The minimum absolute atomic E-state index is 0.114. The third-order valence-corrected chi connectivity index (χ3v) is 4.31. The third kappa shape index (κ3) is 4.58. The van der Waals surface area contributed by atoms with Crippen LogP contribution in [0.1, 0.15) is 27.2 Å². The zero-order chi connectivity index (χ0) is 15.4. The van der Waals surface area contributed by atoms with Gasteiger partial charge in [-0.3, -0.25) is 14.4 Å². The van der Waals surface area contributed by atoms with Gasteiger partial charge in [0.15, 0.2) is 12.2 Å². The molecule has 0 aromatic heterocycles. The quantitative estimate of drug-likeness (QED) is 0.316. The standard InChI is InChI=1S/C12H17IO7/c1-5(14)18-9-4-8(17)10(13)12(20-7(3)16)11(9)19-6(2)15/h8-12,17H,4H2,1-3H3/t8-,9+,10+,11+,12-/m0/s1. The van der Waals surface area contributed by atoms with Crippen molar-refractivity contribution in [2.45, 2.75) is 55.5 Å². The number of carbonyl (C=O) groups excluding carboxylic acids is 3. The molecular formula is C12H17IO7. The molecule has 0 radical (unpaired) electrons. The van der Waals surface area contributed by atoms with Crippen molar-refractivity contribution in [3.8, 4) is 0 Å². The molecule has 0 aromatic rings. The Morgan fingerprint density at radius 2 is 1.40 bits per heavy atom. The van der Waals surface area contributed by atoms with Crippen molar-refractivity contribution >= 4 is 40.5 Å². The Kier molecular flexibility index (Phi) is 6.18. The first-order valence-electron chi connectivity index (χ1n) is 6.06. The highest BCUT2D eigenvalue weighted by Crippen LogP contribution is 2.32. The van der Waals surface area contributed by atoms with Crippen molar-refractivity contribution in [2.75, 3.05) is 0 Å². The number of esters is 3. The Bertz CT molecular complexity index is 397. The van der Waals surface area contributed by atoms with Gasteiger partial charge in [0.2, 0.25) is 0 Å². The van der Waals surface area contributed by atoms with Crippen LogP contribution in [0, 0.1) is 0 Å². The Morgan fingerprint density at radius 1 is 0.950 bits per heavy atom. The van der Waals surface area contributed by atoms with Crippen molar-refractivity contribution in [3.63, 3.8) is 0 Å². The first kappa shape index (κ1) is 17.2. The summed E-state index contributed by atoms with van der Waals surface area (Å²) in [6.07, 6.45) is -3.36. The van der Waals surface area contributed by atoms with Crippen LogP contribution in [0.25, 0.3) is 0 Å². The van der Waals surface area contributed by atoms with Crippen molar-refractivity contribution in [1.29, 1.82) is 0 Å². The first-order valence-corrected chi connectivity index (χ1v) is 7.30. The van der Waals surface area contributed by atoms with Gasteiger partial charge in [-0.25, -0.2) is 0 Å². The van der Waals surface area contributed by atoms with E-state index in [4.69, 9.17) is 14.2 Å². The van der Waals surface area contributed by atoms with Crippen LogP contribution in [-0.2, 0) is 28.6 Å². The van der Waals surface area contributed by atoms with Crippen molar-refractivity contribution in [2.24, 2.45) is 0 Å². The monoisotopic (exact) mass is 400 g/mol. The van der Waals surface area contributed by atoms with Crippen LogP contribution in [0.2, 0.25) is 0 Å². The van der Waals surface area contributed by atoms with Gasteiger partial charge in [0.05, 0.1) is 10.0 Å². The van der Waals surface area contributed by atoms with Crippen molar-refractivity contribution in [1.82, 2.24) is 0 Å². The van der Waals surface area contributed by atoms with Gasteiger partial charge in [-0.05, 0) is 0 Å². The van der Waals surface area contributed by atoms with E-state index in [1.54, 1.807) is 0 Å². The first-order chi connectivity index (χ1) is 9.22. The summed E-state index contributed by atoms with van der Waals surface area (Å²) in [6.45, 7) is 3.65. The van der Waals surface area contributed by atoms with E-state index >= 15 is 0 Å². The number of halogens is 1. The average Bonchev–Trinajstić information content (AvgIpc) is 2.28. The fourth-order valence-corrected chi connectivity index (χ4v) is 2.95. The topological polar surface area (TPSA) is 99.1 Å². The smallest absolute Gasteiger partial charge is 0.303 e. The zero-order valence-corrected chi connectivity index (χ0v) is 13.5. The Labute approximate surface area is 130 Å². The Hall–Kier alpha value is -0.900. The lowest BCUT2D eigenvalue weighted by Crippen LogP contribution is -2.57. The highest BCUT2D eigenvalue weighted by Gasteiger charge is 2.48. The van der Waals surface area contributed by atoms with Crippen LogP contribution in [0.5, 0.6) is 0 Å². The lowest BCUT2D eigenvalue weighted by molar-refractivity contribution is -0.194. The van der Waals surface area contributed by atoms with Gasteiger partial charge in [-0.1, -0.05) is 22.6 Å². The van der Waals surface area contributed by atoms with E-state index in [2.05, 4.69) is 0 Å². The third-order valence-electron chi connectivity index (χ3n) is 2.77. The largest absolute Gasteiger partial charge is 0.458 e. The van der Waals surface area contributed by atoms with E-state index in [0.29, 0.717) is 0 Å². The molecule has 1 N–H and O–H groups in total. The molecule has 1 rings (SSSR count). The number of rotatable bonds is 3. The summed E-state index contributed by atoms with van der Waals surface area (Å²) in [5.41, 5.74) is 0. The van der Waals surface area contributed by atoms with E-state index in [0.717, 1.165) is 0 Å². The van der Waals surface area contributed by atoms with Crippen LogP contribution >= 0.6 is 22.6 Å². The molecule has 1 aliphatic carbocycles. The molecule has 0 bridgehead atoms. The minimum Gasteiger partial charge on any atom is -0.458 e. The van der Waals surface area contributed by atoms with E-state index in [1.807, 2.05) is 22.6 Å². The Morgan fingerprint density at radius 3 is 1.85 bits per heavy atom. The summed E-state index contributed by atoms with van der Waals surface area (Å²) < 4.78 is 14.9. The number of aliphatic hydroxyl groups excluding tert-OH is 1. The highest BCUT2D eigenvalue weighted by molar-refractivity contribution is 14.1.